The lowest BCUT2D eigenvalue weighted by molar-refractivity contribution is -0.116. The second-order valence-corrected chi connectivity index (χ2v) is 8.95. The number of carbonyl (C=O) groups excluding carboxylic acids is 1. The summed E-state index contributed by atoms with van der Waals surface area (Å²) in [7, 11) is 1.57. The van der Waals surface area contributed by atoms with Gasteiger partial charge in [-0.2, -0.15) is 0 Å². The maximum Gasteiger partial charge on any atom is 0.257 e. The molecule has 0 unspecified atom stereocenters. The van der Waals surface area contributed by atoms with Crippen molar-refractivity contribution in [2.75, 3.05) is 19.0 Å². The molecule has 9 heteroatoms. The van der Waals surface area contributed by atoms with Crippen LogP contribution in [0.15, 0.2) is 52.4 Å². The average Bonchev–Trinajstić information content (AvgIpc) is 2.81. The molecule has 1 amide bonds. The number of nitrogens with zero attached hydrogens (tertiary/aromatic N) is 1. The van der Waals surface area contributed by atoms with E-state index in [1.165, 1.54) is 11.8 Å². The number of thioether (sulfide) groups is 1. The van der Waals surface area contributed by atoms with Crippen molar-refractivity contribution in [2.45, 2.75) is 36.6 Å². The molecule has 2 N–H and O–H groups in total. The van der Waals surface area contributed by atoms with Crippen molar-refractivity contribution in [3.8, 4) is 11.5 Å². The first-order valence-electron chi connectivity index (χ1n) is 10.6. The molecular formula is C24H24ClN3O4S. The molecule has 33 heavy (non-hydrogen) atoms. The van der Waals surface area contributed by atoms with Crippen molar-refractivity contribution in [3.05, 3.63) is 74.5 Å². The van der Waals surface area contributed by atoms with E-state index in [4.69, 9.17) is 21.1 Å². The van der Waals surface area contributed by atoms with Crippen LogP contribution in [0, 0.1) is 0 Å². The van der Waals surface area contributed by atoms with Crippen LogP contribution in [0.5, 0.6) is 11.5 Å². The minimum atomic E-state index is -0.443. The SMILES string of the molecule is CCCOc1ccc([C@@H]2CC(=O)Nc3nc(SCc4ccccc4Cl)[nH]c(=O)c32)cc1OC. The maximum absolute atomic E-state index is 13.1. The number of carbonyl (C=O) groups is 1. The van der Waals surface area contributed by atoms with Crippen molar-refractivity contribution in [3.63, 3.8) is 0 Å². The first-order valence-corrected chi connectivity index (χ1v) is 12.0. The zero-order valence-corrected chi connectivity index (χ0v) is 19.9. The van der Waals surface area contributed by atoms with E-state index in [-0.39, 0.29) is 23.7 Å². The Morgan fingerprint density at radius 3 is 2.76 bits per heavy atom. The molecule has 1 atom stereocenters. The van der Waals surface area contributed by atoms with Crippen LogP contribution in [0.25, 0.3) is 0 Å². The van der Waals surface area contributed by atoms with Crippen LogP contribution in [0.2, 0.25) is 5.02 Å². The Hall–Kier alpha value is -2.97. The fraction of sp³-hybridized carbons (Fsp3) is 0.292. The highest BCUT2D eigenvalue weighted by molar-refractivity contribution is 7.98. The van der Waals surface area contributed by atoms with E-state index >= 15 is 0 Å². The third kappa shape index (κ3) is 5.17. The minimum absolute atomic E-state index is 0.141. The lowest BCUT2D eigenvalue weighted by Gasteiger charge is -2.25. The number of hydrogen-bond acceptors (Lipinski definition) is 6. The molecule has 2 heterocycles. The Labute approximate surface area is 200 Å². The van der Waals surface area contributed by atoms with Crippen molar-refractivity contribution in [1.82, 2.24) is 9.97 Å². The second-order valence-electron chi connectivity index (χ2n) is 7.58. The van der Waals surface area contributed by atoms with Gasteiger partial charge in [-0.3, -0.25) is 9.59 Å². The van der Waals surface area contributed by atoms with Crippen LogP contribution in [0.3, 0.4) is 0 Å². The first-order chi connectivity index (χ1) is 16.0. The summed E-state index contributed by atoms with van der Waals surface area (Å²) >= 11 is 7.57. The molecule has 0 saturated heterocycles. The van der Waals surface area contributed by atoms with E-state index in [9.17, 15) is 9.59 Å². The van der Waals surface area contributed by atoms with Gasteiger partial charge in [-0.1, -0.05) is 54.6 Å². The van der Waals surface area contributed by atoms with Crippen LogP contribution in [0.4, 0.5) is 5.82 Å². The Balaban J connectivity index is 1.64. The van der Waals surface area contributed by atoms with E-state index in [1.807, 2.05) is 49.4 Å². The molecule has 3 aromatic rings. The van der Waals surface area contributed by atoms with E-state index in [2.05, 4.69) is 15.3 Å². The van der Waals surface area contributed by atoms with E-state index in [0.717, 1.165) is 17.5 Å². The van der Waals surface area contributed by atoms with Crippen LogP contribution >= 0.6 is 23.4 Å². The van der Waals surface area contributed by atoms with Crippen molar-refractivity contribution in [1.29, 1.82) is 0 Å². The summed E-state index contributed by atoms with van der Waals surface area (Å²) in [5.41, 5.74) is 1.87. The van der Waals surface area contributed by atoms with Gasteiger partial charge in [-0.25, -0.2) is 4.98 Å². The number of methoxy groups -OCH3 is 1. The van der Waals surface area contributed by atoms with E-state index in [0.29, 0.717) is 39.6 Å². The maximum atomic E-state index is 13.1. The smallest absolute Gasteiger partial charge is 0.257 e. The standard InChI is InChI=1S/C24H24ClN3O4S/c1-3-10-32-18-9-8-14(11-19(18)31-2)16-12-20(29)26-22-21(16)23(30)28-24(27-22)33-13-15-6-4-5-7-17(15)25/h4-9,11,16H,3,10,12-13H2,1-2H3,(H2,26,27,28,29,30)/t16-/m0/s1. The molecule has 0 aliphatic carbocycles. The molecule has 0 radical (unpaired) electrons. The molecule has 0 bridgehead atoms. The summed E-state index contributed by atoms with van der Waals surface area (Å²) in [5, 5.41) is 3.82. The Morgan fingerprint density at radius 1 is 1.18 bits per heavy atom. The number of halogens is 1. The van der Waals surface area contributed by atoms with E-state index < -0.39 is 5.92 Å². The number of hydrogen-bond donors (Lipinski definition) is 2. The zero-order valence-electron chi connectivity index (χ0n) is 18.3. The zero-order chi connectivity index (χ0) is 23.4. The predicted molar refractivity (Wildman–Crippen MR) is 130 cm³/mol. The third-order valence-electron chi connectivity index (χ3n) is 5.30. The second kappa shape index (κ2) is 10.3. The molecule has 1 aliphatic rings. The lowest BCUT2D eigenvalue weighted by atomic mass is 9.86. The van der Waals surface area contributed by atoms with Gasteiger partial charge >= 0.3 is 0 Å². The van der Waals surface area contributed by atoms with Gasteiger partial charge in [0, 0.05) is 23.1 Å². The van der Waals surface area contributed by atoms with Crippen molar-refractivity contribution >= 4 is 35.1 Å². The number of anilines is 1. The summed E-state index contributed by atoms with van der Waals surface area (Å²) < 4.78 is 11.2. The normalized spacial score (nSPS) is 15.0. The van der Waals surface area contributed by atoms with Gasteiger partial charge in [0.2, 0.25) is 5.91 Å². The molecule has 2 aromatic carbocycles. The number of benzene rings is 2. The van der Waals surface area contributed by atoms with Gasteiger partial charge in [0.15, 0.2) is 16.7 Å². The number of ether oxygens (including phenoxy) is 2. The molecule has 1 aromatic heterocycles. The molecule has 0 fully saturated rings. The number of rotatable bonds is 8. The van der Waals surface area contributed by atoms with Gasteiger partial charge in [0.25, 0.3) is 5.56 Å². The minimum Gasteiger partial charge on any atom is -0.493 e. The molecular weight excluding hydrogens is 462 g/mol. The number of aromatic nitrogens is 2. The summed E-state index contributed by atoms with van der Waals surface area (Å²) in [6, 6.07) is 13.0. The van der Waals surface area contributed by atoms with Crippen LogP contribution in [0.1, 0.15) is 42.4 Å². The number of H-pyrrole nitrogens is 1. The molecule has 0 spiro atoms. The Kier molecular flexibility index (Phi) is 7.25. The molecule has 172 valence electrons. The number of amides is 1. The van der Waals surface area contributed by atoms with Crippen molar-refractivity contribution in [2.24, 2.45) is 0 Å². The number of nitrogens with one attached hydrogen (secondary N) is 2. The summed E-state index contributed by atoms with van der Waals surface area (Å²) in [4.78, 5) is 32.9. The Morgan fingerprint density at radius 2 is 2.00 bits per heavy atom. The molecule has 1 aliphatic heterocycles. The van der Waals surface area contributed by atoms with E-state index in [1.54, 1.807) is 7.11 Å². The van der Waals surface area contributed by atoms with Gasteiger partial charge in [0.05, 0.1) is 19.3 Å². The fourth-order valence-corrected chi connectivity index (χ4v) is 4.84. The van der Waals surface area contributed by atoms with Crippen LogP contribution in [-0.4, -0.2) is 29.6 Å². The van der Waals surface area contributed by atoms with Crippen LogP contribution in [-0.2, 0) is 10.5 Å². The van der Waals surface area contributed by atoms with Gasteiger partial charge in [0.1, 0.15) is 5.82 Å². The highest BCUT2D eigenvalue weighted by Crippen LogP contribution is 2.38. The largest absolute Gasteiger partial charge is 0.493 e. The number of aromatic amines is 1. The summed E-state index contributed by atoms with van der Waals surface area (Å²) in [6.45, 7) is 2.60. The fourth-order valence-electron chi connectivity index (χ4n) is 3.70. The lowest BCUT2D eigenvalue weighted by Crippen LogP contribution is -2.31. The van der Waals surface area contributed by atoms with Gasteiger partial charge < -0.3 is 19.8 Å². The van der Waals surface area contributed by atoms with Gasteiger partial charge in [-0.05, 0) is 35.7 Å². The topological polar surface area (TPSA) is 93.3 Å². The van der Waals surface area contributed by atoms with Crippen LogP contribution < -0.4 is 20.3 Å². The predicted octanol–water partition coefficient (Wildman–Crippen LogP) is 4.99. The average molecular weight is 486 g/mol. The first kappa shape index (κ1) is 23.2. The summed E-state index contributed by atoms with van der Waals surface area (Å²) in [6.07, 6.45) is 1.02. The quantitative estimate of drug-likeness (QED) is 0.345. The Bertz CT molecular complexity index is 1230. The number of fused-ring (bicyclic) bond motifs is 1. The van der Waals surface area contributed by atoms with Gasteiger partial charge in [-0.15, -0.1) is 0 Å². The highest BCUT2D eigenvalue weighted by Gasteiger charge is 2.31. The molecule has 7 nitrogen and oxygen atoms in total. The monoisotopic (exact) mass is 485 g/mol. The molecule has 0 saturated carbocycles. The highest BCUT2D eigenvalue weighted by atomic mass is 35.5. The molecule has 4 rings (SSSR count). The van der Waals surface area contributed by atoms with Crippen molar-refractivity contribution < 1.29 is 14.3 Å². The third-order valence-corrected chi connectivity index (χ3v) is 6.59. The summed E-state index contributed by atoms with van der Waals surface area (Å²) in [5.74, 6) is 1.37.